The summed E-state index contributed by atoms with van der Waals surface area (Å²) in [6, 6.07) is 32.1. The second-order valence-electron chi connectivity index (χ2n) is 7.98. The summed E-state index contributed by atoms with van der Waals surface area (Å²) in [4.78, 5) is 17.3. The van der Waals surface area contributed by atoms with Crippen LogP contribution in [-0.2, 0) is 11.2 Å². The molecule has 0 saturated carbocycles. The highest BCUT2D eigenvalue weighted by molar-refractivity contribution is 5.76. The van der Waals surface area contributed by atoms with Gasteiger partial charge in [0.15, 0.2) is 0 Å². The van der Waals surface area contributed by atoms with E-state index in [9.17, 15) is 4.79 Å². The van der Waals surface area contributed by atoms with Gasteiger partial charge in [0, 0.05) is 32.6 Å². The van der Waals surface area contributed by atoms with Crippen molar-refractivity contribution in [1.82, 2.24) is 9.80 Å². The molecule has 3 nitrogen and oxygen atoms in total. The molecule has 4 rings (SSSR count). The molecule has 0 aromatic heterocycles. The number of aryl methyl sites for hydroxylation is 1. The summed E-state index contributed by atoms with van der Waals surface area (Å²) in [5, 5.41) is 0. The number of carbonyl (C=O) groups excluding carboxylic acids is 1. The van der Waals surface area contributed by atoms with E-state index in [2.05, 4.69) is 94.7 Å². The Morgan fingerprint density at radius 3 is 1.73 bits per heavy atom. The molecule has 1 heterocycles. The third kappa shape index (κ3) is 5.17. The van der Waals surface area contributed by atoms with Crippen LogP contribution in [0.1, 0.15) is 35.6 Å². The summed E-state index contributed by atoms with van der Waals surface area (Å²) in [5.41, 5.74) is 3.93. The zero-order valence-corrected chi connectivity index (χ0v) is 17.5. The molecule has 0 radical (unpaired) electrons. The molecule has 1 saturated heterocycles. The van der Waals surface area contributed by atoms with Crippen molar-refractivity contribution in [2.75, 3.05) is 26.2 Å². The Labute approximate surface area is 180 Å². The van der Waals surface area contributed by atoms with E-state index in [1.54, 1.807) is 0 Å². The molecule has 3 aromatic carbocycles. The second kappa shape index (κ2) is 10.2. The molecule has 1 fully saturated rings. The van der Waals surface area contributed by atoms with E-state index in [4.69, 9.17) is 0 Å². The highest BCUT2D eigenvalue weighted by Gasteiger charge is 2.27. The monoisotopic (exact) mass is 398 g/mol. The second-order valence-corrected chi connectivity index (χ2v) is 7.98. The molecule has 0 N–H and O–H groups in total. The van der Waals surface area contributed by atoms with Gasteiger partial charge in [0.2, 0.25) is 5.91 Å². The highest BCUT2D eigenvalue weighted by atomic mass is 16.2. The molecule has 1 amide bonds. The van der Waals surface area contributed by atoms with Crippen LogP contribution in [-0.4, -0.2) is 41.9 Å². The fraction of sp³-hybridized carbons (Fsp3) is 0.296. The maximum Gasteiger partial charge on any atom is 0.222 e. The molecule has 0 bridgehead atoms. The van der Waals surface area contributed by atoms with Crippen molar-refractivity contribution in [2.24, 2.45) is 0 Å². The van der Waals surface area contributed by atoms with Gasteiger partial charge in [-0.15, -0.1) is 0 Å². The maximum atomic E-state index is 12.7. The van der Waals surface area contributed by atoms with Crippen LogP contribution in [0.15, 0.2) is 91.0 Å². The zero-order valence-electron chi connectivity index (χ0n) is 17.5. The van der Waals surface area contributed by atoms with E-state index in [1.807, 2.05) is 6.07 Å². The number of carbonyl (C=O) groups is 1. The number of benzene rings is 3. The Bertz CT molecular complexity index is 864. The molecule has 1 aliphatic heterocycles. The standard InChI is InChI=1S/C27H30N2O/c30-26(18-10-13-23-11-4-1-5-12-23)28-19-21-29(22-20-28)27(24-14-6-2-7-15-24)25-16-8-3-9-17-25/h1-9,11-12,14-17,27H,10,13,18-22H2. The lowest BCUT2D eigenvalue weighted by molar-refractivity contribution is -0.133. The van der Waals surface area contributed by atoms with Gasteiger partial charge in [-0.3, -0.25) is 9.69 Å². The van der Waals surface area contributed by atoms with Crippen molar-refractivity contribution in [1.29, 1.82) is 0 Å². The van der Waals surface area contributed by atoms with Crippen LogP contribution in [0.4, 0.5) is 0 Å². The minimum Gasteiger partial charge on any atom is -0.340 e. The summed E-state index contributed by atoms with van der Waals surface area (Å²) >= 11 is 0. The normalized spacial score (nSPS) is 14.8. The number of amides is 1. The lowest BCUT2D eigenvalue weighted by atomic mass is 9.96. The van der Waals surface area contributed by atoms with E-state index in [0.29, 0.717) is 12.3 Å². The number of hydrogen-bond acceptors (Lipinski definition) is 2. The number of nitrogens with zero attached hydrogens (tertiary/aromatic N) is 2. The Hall–Kier alpha value is -2.91. The lowest BCUT2D eigenvalue weighted by Crippen LogP contribution is -2.49. The quantitative estimate of drug-likeness (QED) is 0.563. The van der Waals surface area contributed by atoms with Crippen LogP contribution in [0.25, 0.3) is 0 Å². The summed E-state index contributed by atoms with van der Waals surface area (Å²) in [5.74, 6) is 0.293. The van der Waals surface area contributed by atoms with Gasteiger partial charge in [-0.25, -0.2) is 0 Å². The van der Waals surface area contributed by atoms with Gasteiger partial charge in [0.05, 0.1) is 6.04 Å². The smallest absolute Gasteiger partial charge is 0.222 e. The molecule has 0 unspecified atom stereocenters. The molecule has 0 spiro atoms. The third-order valence-electron chi connectivity index (χ3n) is 5.96. The van der Waals surface area contributed by atoms with Crippen LogP contribution < -0.4 is 0 Å². The lowest BCUT2D eigenvalue weighted by Gasteiger charge is -2.40. The fourth-order valence-electron chi connectivity index (χ4n) is 4.36. The van der Waals surface area contributed by atoms with Crippen LogP contribution in [0.3, 0.4) is 0 Å². The first-order valence-corrected chi connectivity index (χ1v) is 11.0. The van der Waals surface area contributed by atoms with Crippen molar-refractivity contribution >= 4 is 5.91 Å². The van der Waals surface area contributed by atoms with Gasteiger partial charge in [-0.05, 0) is 29.5 Å². The maximum absolute atomic E-state index is 12.7. The molecule has 154 valence electrons. The fourth-order valence-corrected chi connectivity index (χ4v) is 4.36. The summed E-state index contributed by atoms with van der Waals surface area (Å²) in [6.07, 6.45) is 2.52. The number of piperazine rings is 1. The first-order valence-electron chi connectivity index (χ1n) is 11.0. The topological polar surface area (TPSA) is 23.6 Å². The minimum atomic E-state index is 0.239. The summed E-state index contributed by atoms with van der Waals surface area (Å²) < 4.78 is 0. The van der Waals surface area contributed by atoms with Crippen molar-refractivity contribution in [2.45, 2.75) is 25.3 Å². The van der Waals surface area contributed by atoms with Gasteiger partial charge in [-0.1, -0.05) is 91.0 Å². The van der Waals surface area contributed by atoms with Gasteiger partial charge in [0.25, 0.3) is 0 Å². The van der Waals surface area contributed by atoms with Crippen LogP contribution in [0.2, 0.25) is 0 Å². The van der Waals surface area contributed by atoms with Crippen LogP contribution in [0, 0.1) is 0 Å². The SMILES string of the molecule is O=C(CCCc1ccccc1)N1CCN(C(c2ccccc2)c2ccccc2)CC1. The van der Waals surface area contributed by atoms with E-state index < -0.39 is 0 Å². The molecule has 30 heavy (non-hydrogen) atoms. The van der Waals surface area contributed by atoms with Crippen LogP contribution in [0.5, 0.6) is 0 Å². The summed E-state index contributed by atoms with van der Waals surface area (Å²) in [6.45, 7) is 3.42. The predicted molar refractivity (Wildman–Crippen MR) is 122 cm³/mol. The summed E-state index contributed by atoms with van der Waals surface area (Å²) in [7, 11) is 0. The highest BCUT2D eigenvalue weighted by Crippen LogP contribution is 2.29. The average molecular weight is 399 g/mol. The van der Waals surface area contributed by atoms with Crippen molar-refractivity contribution in [3.05, 3.63) is 108 Å². The van der Waals surface area contributed by atoms with Crippen molar-refractivity contribution < 1.29 is 4.79 Å². The third-order valence-corrected chi connectivity index (χ3v) is 5.96. The molecule has 0 atom stereocenters. The zero-order chi connectivity index (χ0) is 20.6. The average Bonchev–Trinajstić information content (AvgIpc) is 2.82. The van der Waals surface area contributed by atoms with E-state index in [-0.39, 0.29) is 6.04 Å². The molecule has 3 aromatic rings. The van der Waals surface area contributed by atoms with Crippen molar-refractivity contribution in [3.63, 3.8) is 0 Å². The molecular weight excluding hydrogens is 368 g/mol. The Morgan fingerprint density at radius 2 is 1.20 bits per heavy atom. The van der Waals surface area contributed by atoms with Gasteiger partial charge < -0.3 is 4.90 Å². The Balaban J connectivity index is 1.34. The molecule has 3 heteroatoms. The molecular formula is C27H30N2O. The largest absolute Gasteiger partial charge is 0.340 e. The molecule has 0 aliphatic carbocycles. The number of rotatable bonds is 7. The van der Waals surface area contributed by atoms with E-state index >= 15 is 0 Å². The van der Waals surface area contributed by atoms with E-state index in [1.165, 1.54) is 16.7 Å². The van der Waals surface area contributed by atoms with E-state index in [0.717, 1.165) is 39.0 Å². The first-order chi connectivity index (χ1) is 14.8. The van der Waals surface area contributed by atoms with Crippen LogP contribution >= 0.6 is 0 Å². The predicted octanol–water partition coefficient (Wildman–Crippen LogP) is 4.94. The van der Waals surface area contributed by atoms with Gasteiger partial charge in [0.1, 0.15) is 0 Å². The van der Waals surface area contributed by atoms with Gasteiger partial charge in [-0.2, -0.15) is 0 Å². The Kier molecular flexibility index (Phi) is 6.94. The minimum absolute atomic E-state index is 0.239. The first kappa shape index (κ1) is 20.4. The number of hydrogen-bond donors (Lipinski definition) is 0. The Morgan fingerprint density at radius 1 is 0.700 bits per heavy atom. The van der Waals surface area contributed by atoms with Gasteiger partial charge >= 0.3 is 0 Å². The van der Waals surface area contributed by atoms with Crippen molar-refractivity contribution in [3.8, 4) is 0 Å². The molecule has 1 aliphatic rings.